The number of carbonyl (C=O) groups excluding carboxylic acids is 1. The molecular weight excluding hydrogens is 312 g/mol. The topological polar surface area (TPSA) is 17.1 Å². The van der Waals surface area contributed by atoms with Crippen LogP contribution in [-0.4, -0.2) is 5.78 Å². The van der Waals surface area contributed by atoms with E-state index < -0.39 is 0 Å². The van der Waals surface area contributed by atoms with Crippen molar-refractivity contribution in [1.82, 2.24) is 0 Å². The minimum atomic E-state index is 0.103. The molecule has 24 heavy (non-hydrogen) atoms. The smallest absolute Gasteiger partial charge is 0.193 e. The lowest BCUT2D eigenvalue weighted by atomic mass is 9.88. The van der Waals surface area contributed by atoms with Crippen molar-refractivity contribution in [3.05, 3.63) is 94.5 Å². The van der Waals surface area contributed by atoms with Crippen LogP contribution in [0, 0.1) is 6.92 Å². The van der Waals surface area contributed by atoms with E-state index in [4.69, 9.17) is 0 Å². The number of benzene rings is 3. The van der Waals surface area contributed by atoms with E-state index in [-0.39, 0.29) is 5.78 Å². The molecule has 0 aliphatic carbocycles. The molecular formula is C22H18OS. The Bertz CT molecular complexity index is 895. The number of hydrogen-bond donors (Lipinski definition) is 0. The van der Waals surface area contributed by atoms with E-state index in [0.717, 1.165) is 33.8 Å². The Balaban J connectivity index is 1.91. The van der Waals surface area contributed by atoms with Crippen LogP contribution in [0.4, 0.5) is 0 Å². The van der Waals surface area contributed by atoms with Crippen molar-refractivity contribution in [3.63, 3.8) is 0 Å². The molecule has 1 aliphatic heterocycles. The molecule has 1 nitrogen and oxygen atoms in total. The Morgan fingerprint density at radius 2 is 1.62 bits per heavy atom. The third-order valence-electron chi connectivity index (χ3n) is 4.53. The van der Waals surface area contributed by atoms with E-state index in [9.17, 15) is 4.79 Å². The van der Waals surface area contributed by atoms with Gasteiger partial charge in [-0.3, -0.25) is 4.79 Å². The molecule has 3 aromatic rings. The Morgan fingerprint density at radius 3 is 2.38 bits per heavy atom. The molecule has 0 aromatic heterocycles. The van der Waals surface area contributed by atoms with Gasteiger partial charge in [-0.15, -0.1) is 0 Å². The molecule has 3 aromatic carbocycles. The molecule has 4 rings (SSSR count). The summed E-state index contributed by atoms with van der Waals surface area (Å²) in [6, 6.07) is 22.2. The number of rotatable bonds is 3. The standard InChI is InChI=1S/C22H18OS/c1-15-7-9-16(10-8-15)21-19(12-11-18-13-24-14-20(18)21)22(23)17-5-3-2-4-6-17/h2-12H,13-14H2,1H3. The van der Waals surface area contributed by atoms with Crippen LogP contribution in [0.25, 0.3) is 11.1 Å². The highest BCUT2D eigenvalue weighted by Gasteiger charge is 2.23. The fourth-order valence-corrected chi connectivity index (χ4v) is 4.36. The van der Waals surface area contributed by atoms with Crippen LogP contribution < -0.4 is 0 Å². The van der Waals surface area contributed by atoms with Crippen LogP contribution in [0.15, 0.2) is 66.7 Å². The summed E-state index contributed by atoms with van der Waals surface area (Å²) in [6.07, 6.45) is 0. The maximum atomic E-state index is 13.1. The van der Waals surface area contributed by atoms with Crippen LogP contribution in [0.5, 0.6) is 0 Å². The maximum Gasteiger partial charge on any atom is 0.193 e. The van der Waals surface area contributed by atoms with Crippen LogP contribution in [0.2, 0.25) is 0 Å². The monoisotopic (exact) mass is 330 g/mol. The Labute approximate surface area is 146 Å². The first-order chi connectivity index (χ1) is 11.7. The second-order valence-corrected chi connectivity index (χ2v) is 7.17. The Morgan fingerprint density at radius 1 is 0.875 bits per heavy atom. The van der Waals surface area contributed by atoms with Gasteiger partial charge in [0.2, 0.25) is 0 Å². The number of aryl methyl sites for hydroxylation is 1. The van der Waals surface area contributed by atoms with Gasteiger partial charge >= 0.3 is 0 Å². The SMILES string of the molecule is Cc1ccc(-c2c(C(=O)c3ccccc3)ccc3c2CSC3)cc1. The first kappa shape index (κ1) is 15.2. The predicted octanol–water partition coefficient (Wildman–Crippen LogP) is 5.64. The van der Waals surface area contributed by atoms with Gasteiger partial charge in [0, 0.05) is 22.6 Å². The molecule has 0 amide bonds. The highest BCUT2D eigenvalue weighted by Crippen LogP contribution is 2.40. The van der Waals surface area contributed by atoms with Gasteiger partial charge < -0.3 is 0 Å². The summed E-state index contributed by atoms with van der Waals surface area (Å²) in [6.45, 7) is 2.09. The molecule has 1 aliphatic rings. The molecule has 0 unspecified atom stereocenters. The van der Waals surface area contributed by atoms with Gasteiger partial charge in [-0.25, -0.2) is 0 Å². The lowest BCUT2D eigenvalue weighted by Crippen LogP contribution is -2.06. The molecule has 0 spiro atoms. The van der Waals surface area contributed by atoms with Crippen molar-refractivity contribution < 1.29 is 4.79 Å². The zero-order valence-corrected chi connectivity index (χ0v) is 14.4. The maximum absolute atomic E-state index is 13.1. The molecule has 0 radical (unpaired) electrons. The highest BCUT2D eigenvalue weighted by molar-refractivity contribution is 7.98. The Kier molecular flexibility index (Phi) is 3.99. The van der Waals surface area contributed by atoms with Crippen molar-refractivity contribution in [2.75, 3.05) is 0 Å². The average molecular weight is 330 g/mol. The van der Waals surface area contributed by atoms with E-state index >= 15 is 0 Å². The number of thioether (sulfide) groups is 1. The van der Waals surface area contributed by atoms with Gasteiger partial charge in [0.05, 0.1) is 0 Å². The number of carbonyl (C=O) groups is 1. The predicted molar refractivity (Wildman–Crippen MR) is 101 cm³/mol. The van der Waals surface area contributed by atoms with Gasteiger partial charge in [-0.05, 0) is 29.2 Å². The minimum absolute atomic E-state index is 0.103. The van der Waals surface area contributed by atoms with Crippen molar-refractivity contribution in [2.45, 2.75) is 18.4 Å². The van der Waals surface area contributed by atoms with Crippen molar-refractivity contribution >= 4 is 17.5 Å². The molecule has 0 N–H and O–H groups in total. The fraction of sp³-hybridized carbons (Fsp3) is 0.136. The lowest BCUT2D eigenvalue weighted by Gasteiger charge is -2.14. The zero-order chi connectivity index (χ0) is 16.5. The van der Waals surface area contributed by atoms with Crippen LogP contribution in [-0.2, 0) is 11.5 Å². The van der Waals surface area contributed by atoms with E-state index in [2.05, 4.69) is 37.3 Å². The fourth-order valence-electron chi connectivity index (χ4n) is 3.24. The molecule has 0 bridgehead atoms. The van der Waals surface area contributed by atoms with Gasteiger partial charge in [0.25, 0.3) is 0 Å². The van der Waals surface area contributed by atoms with Crippen molar-refractivity contribution in [3.8, 4) is 11.1 Å². The van der Waals surface area contributed by atoms with E-state index in [1.54, 1.807) is 0 Å². The number of hydrogen-bond acceptors (Lipinski definition) is 2. The van der Waals surface area contributed by atoms with Crippen molar-refractivity contribution in [2.24, 2.45) is 0 Å². The summed E-state index contributed by atoms with van der Waals surface area (Å²) in [5.74, 6) is 2.12. The quantitative estimate of drug-likeness (QED) is 0.578. The normalized spacial score (nSPS) is 12.9. The molecule has 118 valence electrons. The molecule has 0 atom stereocenters. The minimum Gasteiger partial charge on any atom is -0.289 e. The number of fused-ring (bicyclic) bond motifs is 1. The third-order valence-corrected chi connectivity index (χ3v) is 5.54. The summed E-state index contributed by atoms with van der Waals surface area (Å²) in [5.41, 5.74) is 7.73. The van der Waals surface area contributed by atoms with E-state index in [1.807, 2.05) is 48.2 Å². The summed E-state index contributed by atoms with van der Waals surface area (Å²) in [4.78, 5) is 13.1. The first-order valence-electron chi connectivity index (χ1n) is 8.13. The molecule has 2 heteroatoms. The molecule has 0 fully saturated rings. The third kappa shape index (κ3) is 2.67. The van der Waals surface area contributed by atoms with Gasteiger partial charge in [0.1, 0.15) is 0 Å². The van der Waals surface area contributed by atoms with Crippen LogP contribution >= 0.6 is 11.8 Å². The molecule has 0 saturated carbocycles. The first-order valence-corrected chi connectivity index (χ1v) is 9.29. The van der Waals surface area contributed by atoms with E-state index in [0.29, 0.717) is 0 Å². The van der Waals surface area contributed by atoms with E-state index in [1.165, 1.54) is 16.7 Å². The van der Waals surface area contributed by atoms with Gasteiger partial charge in [-0.1, -0.05) is 72.3 Å². The highest BCUT2D eigenvalue weighted by atomic mass is 32.2. The largest absolute Gasteiger partial charge is 0.289 e. The second kappa shape index (κ2) is 6.29. The lowest BCUT2D eigenvalue weighted by molar-refractivity contribution is 0.103. The second-order valence-electron chi connectivity index (χ2n) is 6.18. The zero-order valence-electron chi connectivity index (χ0n) is 13.6. The van der Waals surface area contributed by atoms with Crippen LogP contribution in [0.3, 0.4) is 0 Å². The van der Waals surface area contributed by atoms with Crippen molar-refractivity contribution in [1.29, 1.82) is 0 Å². The number of ketones is 1. The van der Waals surface area contributed by atoms with Crippen LogP contribution in [0.1, 0.15) is 32.6 Å². The summed E-state index contributed by atoms with van der Waals surface area (Å²) in [5, 5.41) is 0. The van der Waals surface area contributed by atoms with Gasteiger partial charge in [0.15, 0.2) is 5.78 Å². The average Bonchev–Trinajstić information content (AvgIpc) is 3.10. The summed E-state index contributed by atoms with van der Waals surface area (Å²) in [7, 11) is 0. The Hall–Kier alpha value is -2.32. The molecule has 0 saturated heterocycles. The van der Waals surface area contributed by atoms with Gasteiger partial charge in [-0.2, -0.15) is 11.8 Å². The molecule has 1 heterocycles. The summed E-state index contributed by atoms with van der Waals surface area (Å²) < 4.78 is 0. The summed E-state index contributed by atoms with van der Waals surface area (Å²) >= 11 is 1.92.